The summed E-state index contributed by atoms with van der Waals surface area (Å²) in [4.78, 5) is 23.6. The third-order valence-corrected chi connectivity index (χ3v) is 2.85. The topological polar surface area (TPSA) is 63.7 Å². The molecule has 0 aromatic heterocycles. The first-order chi connectivity index (χ1) is 6.76. The van der Waals surface area contributed by atoms with Crippen molar-refractivity contribution >= 4 is 19.0 Å². The molecule has 0 saturated carbocycles. The Bertz CT molecular complexity index is 284. The van der Waals surface area contributed by atoms with Gasteiger partial charge in [-0.3, -0.25) is 9.59 Å². The maximum absolute atomic E-state index is 11.4. The third kappa shape index (κ3) is 7.14. The van der Waals surface area contributed by atoms with Crippen LogP contribution in [0.25, 0.3) is 0 Å². The van der Waals surface area contributed by atoms with Gasteiger partial charge in [-0.2, -0.15) is 0 Å². The molecule has 0 aromatic rings. The number of rotatable bonds is 5. The molecule has 0 aliphatic rings. The Morgan fingerprint density at radius 2 is 1.80 bits per heavy atom. The van der Waals surface area contributed by atoms with Gasteiger partial charge in [0.2, 0.25) is 5.91 Å². The van der Waals surface area contributed by atoms with Crippen LogP contribution in [0.5, 0.6) is 0 Å². The number of nitrogens with zero attached hydrogens (tertiary/aromatic N) is 1. The van der Waals surface area contributed by atoms with E-state index in [0.717, 1.165) is 0 Å². The fourth-order valence-corrected chi connectivity index (χ4v) is 2.27. The van der Waals surface area contributed by atoms with E-state index in [4.69, 9.17) is 0 Å². The summed E-state index contributed by atoms with van der Waals surface area (Å²) in [5.41, 5.74) is 0. The zero-order valence-electron chi connectivity index (χ0n) is 9.65. The van der Waals surface area contributed by atoms with E-state index in [1.807, 2.05) is 0 Å². The van der Waals surface area contributed by atoms with E-state index in [2.05, 4.69) is 4.74 Å². The zero-order valence-corrected chi connectivity index (χ0v) is 10.5. The van der Waals surface area contributed by atoms with Crippen LogP contribution in [-0.4, -0.2) is 50.5 Å². The number of carbonyl (C=O) groups is 2. The van der Waals surface area contributed by atoms with Crippen molar-refractivity contribution in [3.63, 3.8) is 0 Å². The van der Waals surface area contributed by atoms with Gasteiger partial charge in [0, 0.05) is 13.5 Å². The Balaban J connectivity index is 4.00. The van der Waals surface area contributed by atoms with Gasteiger partial charge in [-0.1, -0.05) is 0 Å². The average Bonchev–Trinajstić information content (AvgIpc) is 2.10. The summed E-state index contributed by atoms with van der Waals surface area (Å²) >= 11 is 0. The van der Waals surface area contributed by atoms with Crippen molar-refractivity contribution in [2.45, 2.75) is 12.8 Å². The Morgan fingerprint density at radius 1 is 1.27 bits per heavy atom. The first-order valence-electron chi connectivity index (χ1n) is 4.61. The number of ether oxygens (including phenoxy) is 1. The fraction of sp³-hybridized carbons (Fsp3) is 0.778. The summed E-state index contributed by atoms with van der Waals surface area (Å²) in [5, 5.41) is 0. The standard InChI is InChI=1S/C9H18NO4P/c1-10(7-15(3,4)13)8(11)5-6-9(12)14-2/h5-7H2,1-4H3. The summed E-state index contributed by atoms with van der Waals surface area (Å²) in [6, 6.07) is 0. The van der Waals surface area contributed by atoms with Crippen molar-refractivity contribution in [3.8, 4) is 0 Å². The minimum Gasteiger partial charge on any atom is -0.469 e. The van der Waals surface area contributed by atoms with Gasteiger partial charge in [-0.15, -0.1) is 0 Å². The first-order valence-corrected chi connectivity index (χ1v) is 7.39. The molecule has 5 nitrogen and oxygen atoms in total. The second-order valence-corrected chi connectivity index (χ2v) is 7.31. The number of carbonyl (C=O) groups excluding carboxylic acids is 2. The lowest BCUT2D eigenvalue weighted by Crippen LogP contribution is -2.27. The van der Waals surface area contributed by atoms with Crippen LogP contribution in [0.3, 0.4) is 0 Å². The van der Waals surface area contributed by atoms with Gasteiger partial charge in [0.05, 0.1) is 19.8 Å². The molecule has 0 radical (unpaired) electrons. The van der Waals surface area contributed by atoms with Gasteiger partial charge >= 0.3 is 5.97 Å². The van der Waals surface area contributed by atoms with Crippen molar-refractivity contribution in [1.29, 1.82) is 0 Å². The highest BCUT2D eigenvalue weighted by Crippen LogP contribution is 2.36. The van der Waals surface area contributed by atoms with E-state index in [1.54, 1.807) is 20.4 Å². The Labute approximate surface area is 90.1 Å². The minimum atomic E-state index is -2.24. The van der Waals surface area contributed by atoms with E-state index in [1.165, 1.54) is 12.0 Å². The van der Waals surface area contributed by atoms with E-state index in [-0.39, 0.29) is 25.0 Å². The van der Waals surface area contributed by atoms with Gasteiger partial charge in [-0.05, 0) is 13.3 Å². The summed E-state index contributed by atoms with van der Waals surface area (Å²) in [5.74, 6) is -0.600. The SMILES string of the molecule is COC(=O)CCC(=O)N(C)CP(C)(C)=O. The smallest absolute Gasteiger partial charge is 0.306 e. The van der Waals surface area contributed by atoms with Crippen LogP contribution in [0.1, 0.15) is 12.8 Å². The molecule has 0 bridgehead atoms. The summed E-state index contributed by atoms with van der Waals surface area (Å²) in [6.45, 7) is 3.24. The first kappa shape index (κ1) is 14.2. The van der Waals surface area contributed by atoms with Crippen LogP contribution in [0.15, 0.2) is 0 Å². The van der Waals surface area contributed by atoms with Crippen LogP contribution < -0.4 is 0 Å². The van der Waals surface area contributed by atoms with Gasteiger partial charge in [0.25, 0.3) is 0 Å². The van der Waals surface area contributed by atoms with Crippen molar-refractivity contribution in [3.05, 3.63) is 0 Å². The average molecular weight is 235 g/mol. The molecule has 0 aliphatic heterocycles. The quantitative estimate of drug-likeness (QED) is 0.526. The molecule has 0 N–H and O–H groups in total. The normalized spacial score (nSPS) is 10.9. The maximum Gasteiger partial charge on any atom is 0.306 e. The number of methoxy groups -OCH3 is 1. The van der Waals surface area contributed by atoms with Crippen LogP contribution in [0.2, 0.25) is 0 Å². The van der Waals surface area contributed by atoms with Gasteiger partial charge < -0.3 is 14.2 Å². The Hall–Kier alpha value is -0.830. The van der Waals surface area contributed by atoms with Crippen LogP contribution in [0, 0.1) is 0 Å². The molecule has 0 aromatic carbocycles. The molecule has 88 valence electrons. The highest BCUT2D eigenvalue weighted by atomic mass is 31.2. The van der Waals surface area contributed by atoms with Crippen LogP contribution in [-0.2, 0) is 18.9 Å². The molecule has 0 atom stereocenters. The van der Waals surface area contributed by atoms with Gasteiger partial charge in [0.15, 0.2) is 0 Å². The van der Waals surface area contributed by atoms with Crippen LogP contribution >= 0.6 is 7.14 Å². The lowest BCUT2D eigenvalue weighted by molar-refractivity contribution is -0.143. The van der Waals surface area contributed by atoms with E-state index in [9.17, 15) is 14.2 Å². The van der Waals surface area contributed by atoms with E-state index < -0.39 is 13.1 Å². The van der Waals surface area contributed by atoms with Crippen molar-refractivity contribution in [1.82, 2.24) is 4.90 Å². The van der Waals surface area contributed by atoms with Crippen LogP contribution in [0.4, 0.5) is 0 Å². The fourth-order valence-electron chi connectivity index (χ4n) is 1.09. The maximum atomic E-state index is 11.4. The minimum absolute atomic E-state index is 0.0669. The lowest BCUT2D eigenvalue weighted by Gasteiger charge is -2.19. The highest BCUT2D eigenvalue weighted by molar-refractivity contribution is 7.62. The Kier molecular flexibility index (Phi) is 5.58. The molecule has 6 heteroatoms. The summed E-state index contributed by atoms with van der Waals surface area (Å²) in [6.07, 6.45) is 0.410. The number of amides is 1. The lowest BCUT2D eigenvalue weighted by atomic mass is 10.3. The number of hydrogen-bond acceptors (Lipinski definition) is 4. The molecule has 1 amide bonds. The third-order valence-electron chi connectivity index (χ3n) is 1.75. The molecule has 0 rings (SSSR count). The molecule has 0 saturated heterocycles. The van der Waals surface area contributed by atoms with E-state index >= 15 is 0 Å². The number of esters is 1. The zero-order chi connectivity index (χ0) is 12.1. The second-order valence-electron chi connectivity index (χ2n) is 3.88. The summed E-state index contributed by atoms with van der Waals surface area (Å²) in [7, 11) is 0.622. The van der Waals surface area contributed by atoms with Gasteiger partial charge in [0.1, 0.15) is 7.14 Å². The largest absolute Gasteiger partial charge is 0.469 e. The molecule has 15 heavy (non-hydrogen) atoms. The predicted molar refractivity (Wildman–Crippen MR) is 58.3 cm³/mol. The summed E-state index contributed by atoms with van der Waals surface area (Å²) < 4.78 is 15.9. The monoisotopic (exact) mass is 235 g/mol. The Morgan fingerprint density at radius 3 is 2.20 bits per heavy atom. The van der Waals surface area contributed by atoms with Crippen molar-refractivity contribution in [2.75, 3.05) is 33.8 Å². The molecule has 0 unspecified atom stereocenters. The molecular formula is C9H18NO4P. The molecule has 0 heterocycles. The molecular weight excluding hydrogens is 217 g/mol. The molecule has 0 fully saturated rings. The van der Waals surface area contributed by atoms with E-state index in [0.29, 0.717) is 0 Å². The van der Waals surface area contributed by atoms with Crippen molar-refractivity contribution < 1.29 is 18.9 Å². The molecule has 0 aliphatic carbocycles. The predicted octanol–water partition coefficient (Wildman–Crippen LogP) is 0.978. The molecule has 0 spiro atoms. The number of hydrogen-bond donors (Lipinski definition) is 0. The second kappa shape index (κ2) is 5.91. The van der Waals surface area contributed by atoms with Gasteiger partial charge in [-0.25, -0.2) is 0 Å². The highest BCUT2D eigenvalue weighted by Gasteiger charge is 2.16. The van der Waals surface area contributed by atoms with Crippen molar-refractivity contribution in [2.24, 2.45) is 0 Å².